The number of benzene rings is 2. The maximum atomic E-state index is 14.7. The number of aromatic nitrogens is 4. The fourth-order valence-electron chi connectivity index (χ4n) is 4.02. The molecule has 2 aromatic heterocycles. The van der Waals surface area contributed by atoms with Crippen LogP contribution in [0, 0.1) is 0 Å². The summed E-state index contributed by atoms with van der Waals surface area (Å²) >= 11 is 0. The molecule has 164 valence electrons. The van der Waals surface area contributed by atoms with Gasteiger partial charge in [-0.25, -0.2) is 23.5 Å². The summed E-state index contributed by atoms with van der Waals surface area (Å²) in [6, 6.07) is 14.6. The maximum absolute atomic E-state index is 14.7. The lowest BCUT2D eigenvalue weighted by Gasteiger charge is -2.32. The highest BCUT2D eigenvalue weighted by Gasteiger charge is 2.45. The summed E-state index contributed by atoms with van der Waals surface area (Å²) in [6.45, 7) is -0.145. The standard InChI is InChI=1S/C22H20F2N6O2/c23-22(24)12-26-11-10-17(22)30-20-18(19(25)27-13-28-20)29(21(30)31)14-6-8-16(9-7-14)32-15-4-2-1-3-5-15/h1-9,13,17,26H,10-12H2,(H2,25,27,28)/t17-/m1/s1. The van der Waals surface area contributed by atoms with Gasteiger partial charge in [-0.3, -0.25) is 9.13 Å². The van der Waals surface area contributed by atoms with Crippen molar-refractivity contribution in [3.8, 4) is 17.2 Å². The van der Waals surface area contributed by atoms with E-state index < -0.39 is 24.2 Å². The van der Waals surface area contributed by atoms with Crippen LogP contribution in [-0.2, 0) is 0 Å². The number of fused-ring (bicyclic) bond motifs is 1. The van der Waals surface area contributed by atoms with E-state index in [1.807, 2.05) is 30.3 Å². The van der Waals surface area contributed by atoms with Gasteiger partial charge in [0.05, 0.1) is 12.2 Å². The SMILES string of the molecule is Nc1ncnc2c1n(-c1ccc(Oc3ccccc3)cc1)c(=O)n2[C@@H]1CCNCC1(F)F. The summed E-state index contributed by atoms with van der Waals surface area (Å²) in [6.07, 6.45) is 1.26. The Morgan fingerprint density at radius 3 is 2.50 bits per heavy atom. The minimum absolute atomic E-state index is 0.0349. The van der Waals surface area contributed by atoms with Crippen molar-refractivity contribution in [3.63, 3.8) is 0 Å². The predicted molar refractivity (Wildman–Crippen MR) is 116 cm³/mol. The molecule has 3 heterocycles. The first-order valence-corrected chi connectivity index (χ1v) is 10.1. The summed E-state index contributed by atoms with van der Waals surface area (Å²) in [4.78, 5) is 21.5. The molecule has 5 rings (SSSR count). The molecule has 0 unspecified atom stereocenters. The zero-order valence-electron chi connectivity index (χ0n) is 16.9. The summed E-state index contributed by atoms with van der Waals surface area (Å²) < 4.78 is 37.5. The number of rotatable bonds is 4. The predicted octanol–water partition coefficient (Wildman–Crippen LogP) is 3.13. The van der Waals surface area contributed by atoms with Gasteiger partial charge in [0.15, 0.2) is 11.5 Å². The van der Waals surface area contributed by atoms with E-state index in [9.17, 15) is 13.6 Å². The normalized spacial score (nSPS) is 18.0. The Bertz CT molecular complexity index is 1320. The number of ether oxygens (including phenoxy) is 1. The van der Waals surface area contributed by atoms with Crippen LogP contribution in [0.15, 0.2) is 65.7 Å². The van der Waals surface area contributed by atoms with Crippen LogP contribution in [-0.4, -0.2) is 38.1 Å². The van der Waals surface area contributed by atoms with Crippen LogP contribution in [0.25, 0.3) is 16.9 Å². The lowest BCUT2D eigenvalue weighted by atomic mass is 10.0. The van der Waals surface area contributed by atoms with Crippen LogP contribution >= 0.6 is 0 Å². The molecule has 3 N–H and O–H groups in total. The third-order valence-electron chi connectivity index (χ3n) is 5.51. The van der Waals surface area contributed by atoms with Gasteiger partial charge < -0.3 is 15.8 Å². The largest absolute Gasteiger partial charge is 0.457 e. The Morgan fingerprint density at radius 1 is 1.06 bits per heavy atom. The fraction of sp³-hybridized carbons (Fsp3) is 0.227. The van der Waals surface area contributed by atoms with Gasteiger partial charge in [-0.2, -0.15) is 0 Å². The molecule has 1 saturated heterocycles. The number of hydrogen-bond acceptors (Lipinski definition) is 6. The first kappa shape index (κ1) is 20.1. The van der Waals surface area contributed by atoms with Gasteiger partial charge in [0.25, 0.3) is 5.92 Å². The minimum atomic E-state index is -3.12. The number of halogens is 2. The zero-order valence-corrected chi connectivity index (χ0v) is 16.9. The third-order valence-corrected chi connectivity index (χ3v) is 5.51. The van der Waals surface area contributed by atoms with Gasteiger partial charge >= 0.3 is 5.69 Å². The van der Waals surface area contributed by atoms with E-state index in [2.05, 4.69) is 15.3 Å². The number of alkyl halides is 2. The number of imidazole rings is 1. The number of nitrogens with one attached hydrogen (secondary N) is 1. The molecule has 4 aromatic rings. The van der Waals surface area contributed by atoms with Gasteiger partial charge in [-0.15, -0.1) is 0 Å². The summed E-state index contributed by atoms with van der Waals surface area (Å²) in [7, 11) is 0. The Hall–Kier alpha value is -3.79. The van der Waals surface area contributed by atoms with Gasteiger partial charge in [-0.1, -0.05) is 18.2 Å². The molecule has 0 radical (unpaired) electrons. The second-order valence-electron chi connectivity index (χ2n) is 7.57. The van der Waals surface area contributed by atoms with E-state index in [-0.39, 0.29) is 23.4 Å². The van der Waals surface area contributed by atoms with Crippen molar-refractivity contribution in [1.29, 1.82) is 0 Å². The Balaban J connectivity index is 1.62. The average Bonchev–Trinajstić information content (AvgIpc) is 3.08. The van der Waals surface area contributed by atoms with Crippen molar-refractivity contribution in [3.05, 3.63) is 71.4 Å². The lowest BCUT2D eigenvalue weighted by Crippen LogP contribution is -2.49. The van der Waals surface area contributed by atoms with Crippen LogP contribution in [0.3, 0.4) is 0 Å². The number of para-hydroxylation sites is 1. The van der Waals surface area contributed by atoms with Crippen LogP contribution in [0.4, 0.5) is 14.6 Å². The van der Waals surface area contributed by atoms with E-state index in [4.69, 9.17) is 10.5 Å². The first-order chi connectivity index (χ1) is 15.5. The molecule has 0 amide bonds. The maximum Gasteiger partial charge on any atom is 0.335 e. The first-order valence-electron chi connectivity index (χ1n) is 10.1. The van der Waals surface area contributed by atoms with Gasteiger partial charge in [0.2, 0.25) is 0 Å². The van der Waals surface area contributed by atoms with Gasteiger partial charge in [-0.05, 0) is 49.4 Å². The van der Waals surface area contributed by atoms with E-state index in [1.165, 1.54) is 10.9 Å². The highest BCUT2D eigenvalue weighted by molar-refractivity contribution is 5.84. The topological polar surface area (TPSA) is 100.0 Å². The van der Waals surface area contributed by atoms with E-state index in [0.29, 0.717) is 23.7 Å². The number of piperidine rings is 1. The van der Waals surface area contributed by atoms with E-state index in [1.54, 1.807) is 24.3 Å². The number of nitrogen functional groups attached to an aromatic ring is 1. The quantitative estimate of drug-likeness (QED) is 0.508. The summed E-state index contributed by atoms with van der Waals surface area (Å²) in [5, 5.41) is 2.67. The molecule has 0 saturated carbocycles. The molecule has 0 bridgehead atoms. The van der Waals surface area contributed by atoms with Crippen molar-refractivity contribution < 1.29 is 13.5 Å². The molecule has 1 atom stereocenters. The van der Waals surface area contributed by atoms with Crippen molar-refractivity contribution in [2.75, 3.05) is 18.8 Å². The lowest BCUT2D eigenvalue weighted by molar-refractivity contribution is -0.0658. The van der Waals surface area contributed by atoms with E-state index >= 15 is 0 Å². The van der Waals surface area contributed by atoms with Gasteiger partial charge in [0, 0.05) is 0 Å². The molecular weight excluding hydrogens is 418 g/mol. The Morgan fingerprint density at radius 2 is 1.78 bits per heavy atom. The molecule has 8 nitrogen and oxygen atoms in total. The highest BCUT2D eigenvalue weighted by Crippen LogP contribution is 2.35. The number of nitrogens with zero attached hydrogens (tertiary/aromatic N) is 4. The molecule has 1 fully saturated rings. The monoisotopic (exact) mass is 438 g/mol. The van der Waals surface area contributed by atoms with Crippen molar-refractivity contribution in [2.24, 2.45) is 0 Å². The van der Waals surface area contributed by atoms with E-state index in [0.717, 1.165) is 4.57 Å². The molecule has 2 aromatic carbocycles. The highest BCUT2D eigenvalue weighted by atomic mass is 19.3. The zero-order chi connectivity index (χ0) is 22.3. The molecule has 1 aliphatic heterocycles. The smallest absolute Gasteiger partial charge is 0.335 e. The molecule has 0 aliphatic carbocycles. The average molecular weight is 438 g/mol. The Kier molecular flexibility index (Phi) is 4.86. The van der Waals surface area contributed by atoms with Crippen LogP contribution < -0.4 is 21.5 Å². The summed E-state index contributed by atoms with van der Waals surface area (Å²) in [5.74, 6) is -1.85. The number of nitrogens with two attached hydrogens (primary N) is 1. The summed E-state index contributed by atoms with van der Waals surface area (Å²) in [5.41, 5.74) is 6.14. The molecule has 0 spiro atoms. The van der Waals surface area contributed by atoms with Crippen molar-refractivity contribution in [2.45, 2.75) is 18.4 Å². The second-order valence-corrected chi connectivity index (χ2v) is 7.57. The third kappa shape index (κ3) is 3.38. The van der Waals surface area contributed by atoms with Crippen molar-refractivity contribution in [1.82, 2.24) is 24.4 Å². The fourth-order valence-corrected chi connectivity index (χ4v) is 4.02. The second kappa shape index (κ2) is 7.72. The van der Waals surface area contributed by atoms with Crippen molar-refractivity contribution >= 4 is 17.0 Å². The van der Waals surface area contributed by atoms with Crippen LogP contribution in [0.2, 0.25) is 0 Å². The van der Waals surface area contributed by atoms with Crippen LogP contribution in [0.5, 0.6) is 11.5 Å². The molecule has 1 aliphatic rings. The number of hydrogen-bond donors (Lipinski definition) is 2. The molecule has 32 heavy (non-hydrogen) atoms. The Labute approximate surface area is 181 Å². The molecule has 10 heteroatoms. The number of anilines is 1. The molecular formula is C22H20F2N6O2. The van der Waals surface area contributed by atoms with Crippen LogP contribution in [0.1, 0.15) is 12.5 Å². The minimum Gasteiger partial charge on any atom is -0.457 e. The van der Waals surface area contributed by atoms with Gasteiger partial charge in [0.1, 0.15) is 29.4 Å².